The van der Waals surface area contributed by atoms with E-state index in [1.807, 2.05) is 0 Å². The van der Waals surface area contributed by atoms with Crippen LogP contribution < -0.4 is 10.6 Å². The van der Waals surface area contributed by atoms with Crippen LogP contribution in [0.5, 0.6) is 0 Å². The van der Waals surface area contributed by atoms with Crippen molar-refractivity contribution in [1.29, 1.82) is 5.41 Å². The largest absolute Gasteiger partial charge is 0.432 e. The molecule has 0 aliphatic carbocycles. The summed E-state index contributed by atoms with van der Waals surface area (Å²) in [6, 6.07) is 4.26. The van der Waals surface area contributed by atoms with Crippen LogP contribution in [0, 0.1) is 11.2 Å². The van der Waals surface area contributed by atoms with Gasteiger partial charge in [0.05, 0.1) is 5.56 Å². The molecule has 2 aromatic rings. The number of hydrogen-bond donors (Lipinski definition) is 3. The minimum atomic E-state index is -4.53. The molecule has 11 heteroatoms. The van der Waals surface area contributed by atoms with E-state index < -0.39 is 23.9 Å². The van der Waals surface area contributed by atoms with E-state index >= 15 is 0 Å². The molecule has 6 nitrogen and oxygen atoms in total. The maximum absolute atomic E-state index is 14.6. The van der Waals surface area contributed by atoms with Gasteiger partial charge in [0.15, 0.2) is 0 Å². The molecule has 0 saturated heterocycles. The molecule has 0 spiro atoms. The second-order valence-corrected chi connectivity index (χ2v) is 6.39. The van der Waals surface area contributed by atoms with Gasteiger partial charge in [0.2, 0.25) is 5.28 Å². The maximum Gasteiger partial charge on any atom is 0.432 e. The van der Waals surface area contributed by atoms with E-state index in [1.54, 1.807) is 6.07 Å². The van der Waals surface area contributed by atoms with E-state index in [-0.39, 0.29) is 17.4 Å². The standard InChI is InChI=1S/C17H15ClF4N6/c1-28-8-13(17(20,21)22)26-15(28)11-3-2-9(4-12(11)19)6-24-14-10(5-23)7-25-16(18)27-14/h2-5,7-8,15,23,26H,6H2,1H3,(H,24,25,27). The van der Waals surface area contributed by atoms with E-state index in [4.69, 9.17) is 17.0 Å². The average molecular weight is 415 g/mol. The Balaban J connectivity index is 1.73. The lowest BCUT2D eigenvalue weighted by Gasteiger charge is -2.23. The van der Waals surface area contributed by atoms with E-state index in [0.29, 0.717) is 16.9 Å². The van der Waals surface area contributed by atoms with Crippen molar-refractivity contribution < 1.29 is 17.6 Å². The molecule has 148 valence electrons. The molecule has 3 rings (SSSR count). The number of rotatable bonds is 5. The Hall–Kier alpha value is -2.88. The van der Waals surface area contributed by atoms with E-state index in [9.17, 15) is 17.6 Å². The summed E-state index contributed by atoms with van der Waals surface area (Å²) < 4.78 is 53.1. The van der Waals surface area contributed by atoms with Gasteiger partial charge in [-0.15, -0.1) is 0 Å². The Morgan fingerprint density at radius 1 is 1.39 bits per heavy atom. The fourth-order valence-corrected chi connectivity index (χ4v) is 2.86. The molecular formula is C17H15ClF4N6. The average Bonchev–Trinajstić information content (AvgIpc) is 3.02. The zero-order valence-corrected chi connectivity index (χ0v) is 15.2. The van der Waals surface area contributed by atoms with E-state index in [0.717, 1.165) is 12.4 Å². The SMILES string of the molecule is CN1C=C(C(F)(F)F)NC1c1ccc(CNc2nc(Cl)ncc2C=N)cc1F. The number of anilines is 1. The Morgan fingerprint density at radius 3 is 2.75 bits per heavy atom. The topological polar surface area (TPSA) is 76.9 Å². The second kappa shape index (κ2) is 7.63. The van der Waals surface area contributed by atoms with Crippen molar-refractivity contribution >= 4 is 23.6 Å². The van der Waals surface area contributed by atoms with Crippen LogP contribution in [0.1, 0.15) is 22.9 Å². The summed E-state index contributed by atoms with van der Waals surface area (Å²) in [5.74, 6) is -0.329. The summed E-state index contributed by atoms with van der Waals surface area (Å²) in [6.45, 7) is 0.172. The third kappa shape index (κ3) is 4.16. The number of aromatic nitrogens is 2. The maximum atomic E-state index is 14.6. The molecule has 1 aliphatic heterocycles. The summed E-state index contributed by atoms with van der Waals surface area (Å²) in [6.07, 6.45) is -2.16. The number of benzene rings is 1. The van der Waals surface area contributed by atoms with Gasteiger partial charge in [-0.05, 0) is 23.2 Å². The summed E-state index contributed by atoms with van der Waals surface area (Å²) >= 11 is 5.74. The normalized spacial score (nSPS) is 16.6. The van der Waals surface area contributed by atoms with Crippen LogP contribution in [0.25, 0.3) is 0 Å². The van der Waals surface area contributed by atoms with Gasteiger partial charge in [-0.3, -0.25) is 0 Å². The van der Waals surface area contributed by atoms with Crippen LogP contribution in [-0.2, 0) is 6.54 Å². The molecule has 0 amide bonds. The van der Waals surface area contributed by atoms with Crippen molar-refractivity contribution in [1.82, 2.24) is 20.2 Å². The monoisotopic (exact) mass is 414 g/mol. The predicted molar refractivity (Wildman–Crippen MR) is 96.4 cm³/mol. The Morgan fingerprint density at radius 2 is 2.14 bits per heavy atom. The Labute approximate surface area is 162 Å². The summed E-state index contributed by atoms with van der Waals surface area (Å²) in [5, 5.41) is 12.5. The quantitative estimate of drug-likeness (QED) is 0.394. The van der Waals surface area contributed by atoms with Crippen LogP contribution in [0.3, 0.4) is 0 Å². The van der Waals surface area contributed by atoms with Gasteiger partial charge >= 0.3 is 6.18 Å². The molecule has 0 saturated carbocycles. The van der Waals surface area contributed by atoms with Gasteiger partial charge in [0.1, 0.15) is 23.5 Å². The number of nitrogens with one attached hydrogen (secondary N) is 3. The fraction of sp³-hybridized carbons (Fsp3) is 0.235. The zero-order valence-electron chi connectivity index (χ0n) is 14.5. The molecule has 3 N–H and O–H groups in total. The van der Waals surface area contributed by atoms with Gasteiger partial charge in [0, 0.05) is 37.8 Å². The molecule has 28 heavy (non-hydrogen) atoms. The van der Waals surface area contributed by atoms with Gasteiger partial charge in [-0.25, -0.2) is 14.4 Å². The molecular weight excluding hydrogens is 400 g/mol. The molecule has 1 atom stereocenters. The first kappa shape index (κ1) is 19.9. The smallest absolute Gasteiger partial charge is 0.365 e. The third-order valence-corrected chi connectivity index (χ3v) is 4.28. The molecule has 2 heterocycles. The molecule has 0 radical (unpaired) electrons. The number of nitrogens with zero attached hydrogens (tertiary/aromatic N) is 3. The van der Waals surface area contributed by atoms with E-state index in [1.165, 1.54) is 30.3 Å². The van der Waals surface area contributed by atoms with Gasteiger partial charge in [0.25, 0.3) is 0 Å². The third-order valence-electron chi connectivity index (χ3n) is 4.10. The molecule has 0 fully saturated rings. The molecule has 1 unspecified atom stereocenters. The van der Waals surface area contributed by atoms with Crippen LogP contribution in [0.15, 0.2) is 36.3 Å². The lowest BCUT2D eigenvalue weighted by Crippen LogP contribution is -2.29. The Bertz CT molecular complexity index is 930. The summed E-state index contributed by atoms with van der Waals surface area (Å²) in [7, 11) is 1.43. The first-order valence-electron chi connectivity index (χ1n) is 8.01. The van der Waals surface area contributed by atoms with Gasteiger partial charge < -0.3 is 20.9 Å². The molecule has 1 aromatic heterocycles. The highest BCUT2D eigenvalue weighted by Crippen LogP contribution is 2.34. The highest BCUT2D eigenvalue weighted by Gasteiger charge is 2.40. The number of hydrogen-bond acceptors (Lipinski definition) is 6. The lowest BCUT2D eigenvalue weighted by molar-refractivity contribution is -0.0963. The fourth-order valence-electron chi connectivity index (χ4n) is 2.72. The van der Waals surface area contributed by atoms with Crippen molar-refractivity contribution in [2.24, 2.45) is 0 Å². The van der Waals surface area contributed by atoms with Crippen LogP contribution in [0.4, 0.5) is 23.4 Å². The lowest BCUT2D eigenvalue weighted by atomic mass is 10.1. The summed E-state index contributed by atoms with van der Waals surface area (Å²) in [5.41, 5.74) is 0.109. The number of allylic oxidation sites excluding steroid dienone is 1. The first-order valence-corrected chi connectivity index (χ1v) is 8.39. The van der Waals surface area contributed by atoms with Crippen LogP contribution in [-0.4, -0.2) is 34.3 Å². The minimum absolute atomic E-state index is 0.00191. The van der Waals surface area contributed by atoms with E-state index in [2.05, 4.69) is 20.6 Å². The molecule has 1 aromatic carbocycles. The van der Waals surface area contributed by atoms with Crippen LogP contribution in [0.2, 0.25) is 5.28 Å². The van der Waals surface area contributed by atoms with Crippen molar-refractivity contribution in [2.45, 2.75) is 18.9 Å². The highest BCUT2D eigenvalue weighted by molar-refractivity contribution is 6.28. The van der Waals surface area contributed by atoms with Crippen molar-refractivity contribution in [3.05, 3.63) is 64.1 Å². The number of halogens is 5. The van der Waals surface area contributed by atoms with Crippen molar-refractivity contribution in [3.63, 3.8) is 0 Å². The highest BCUT2D eigenvalue weighted by atomic mass is 35.5. The van der Waals surface area contributed by atoms with Gasteiger partial charge in [-0.1, -0.05) is 12.1 Å². The van der Waals surface area contributed by atoms with Gasteiger partial charge in [-0.2, -0.15) is 13.2 Å². The Kier molecular flexibility index (Phi) is 5.41. The number of alkyl halides is 3. The van der Waals surface area contributed by atoms with Crippen molar-refractivity contribution in [2.75, 3.05) is 12.4 Å². The second-order valence-electron chi connectivity index (χ2n) is 6.05. The molecule has 1 aliphatic rings. The summed E-state index contributed by atoms with van der Waals surface area (Å²) in [4.78, 5) is 9.01. The van der Waals surface area contributed by atoms with Crippen molar-refractivity contribution in [3.8, 4) is 0 Å². The minimum Gasteiger partial charge on any atom is -0.365 e. The zero-order chi connectivity index (χ0) is 20.5. The molecule has 0 bridgehead atoms. The van der Waals surface area contributed by atoms with Crippen LogP contribution >= 0.6 is 11.6 Å². The first-order chi connectivity index (χ1) is 13.2. The predicted octanol–water partition coefficient (Wildman–Crippen LogP) is 3.82.